The summed E-state index contributed by atoms with van der Waals surface area (Å²) in [4.78, 5) is 42.1. The number of carbonyl (C=O) groups is 2. The molecule has 1 N–H and O–H groups in total. The fourth-order valence-corrected chi connectivity index (χ4v) is 3.92. The molecule has 1 aromatic heterocycles. The van der Waals surface area contributed by atoms with Crippen LogP contribution in [0.2, 0.25) is 5.02 Å². The molecule has 1 saturated heterocycles. The highest BCUT2D eigenvalue weighted by atomic mass is 35.5. The number of rotatable bonds is 5. The van der Waals surface area contributed by atoms with E-state index in [2.05, 4.69) is 4.98 Å². The number of ether oxygens (including phenoxy) is 1. The van der Waals surface area contributed by atoms with E-state index in [1.807, 2.05) is 0 Å². The van der Waals surface area contributed by atoms with Gasteiger partial charge in [0.05, 0.1) is 28.7 Å². The van der Waals surface area contributed by atoms with Gasteiger partial charge in [-0.3, -0.25) is 24.6 Å². The van der Waals surface area contributed by atoms with Crippen molar-refractivity contribution in [3.05, 3.63) is 98.7 Å². The normalized spacial score (nSPS) is 17.3. The van der Waals surface area contributed by atoms with Gasteiger partial charge in [-0.15, -0.1) is 0 Å². The van der Waals surface area contributed by atoms with Crippen LogP contribution in [0, 0.1) is 10.1 Å². The summed E-state index contributed by atoms with van der Waals surface area (Å²) in [5, 5.41) is 22.6. The number of aliphatic hydroxyl groups is 1. The van der Waals surface area contributed by atoms with Gasteiger partial charge in [0.2, 0.25) is 0 Å². The number of nitro benzene ring substituents is 1. The zero-order valence-corrected chi connectivity index (χ0v) is 17.9. The lowest BCUT2D eigenvalue weighted by Crippen LogP contribution is -2.30. The second kappa shape index (κ2) is 8.71. The van der Waals surface area contributed by atoms with Crippen LogP contribution in [0.5, 0.6) is 5.75 Å². The Labute approximate surface area is 192 Å². The summed E-state index contributed by atoms with van der Waals surface area (Å²) in [6.45, 7) is 0. The van der Waals surface area contributed by atoms with Gasteiger partial charge in [0.25, 0.3) is 11.5 Å². The highest BCUT2D eigenvalue weighted by Crippen LogP contribution is 2.42. The zero-order chi connectivity index (χ0) is 23.7. The summed E-state index contributed by atoms with van der Waals surface area (Å²) in [7, 11) is 1.43. The largest absolute Gasteiger partial charge is 0.507 e. The van der Waals surface area contributed by atoms with Crippen LogP contribution in [-0.2, 0) is 9.59 Å². The molecule has 3 aromatic rings. The number of pyridine rings is 1. The van der Waals surface area contributed by atoms with Gasteiger partial charge in [0, 0.05) is 23.9 Å². The Bertz CT molecular complexity index is 1310. The maximum atomic E-state index is 13.1. The fraction of sp³-hybridized carbons (Fsp3) is 0.0870. The van der Waals surface area contributed by atoms with E-state index >= 15 is 0 Å². The third-order valence-electron chi connectivity index (χ3n) is 5.16. The molecule has 0 radical (unpaired) electrons. The second-order valence-corrected chi connectivity index (χ2v) is 7.47. The number of anilines is 1. The van der Waals surface area contributed by atoms with Crippen LogP contribution in [0.1, 0.15) is 17.2 Å². The topological polar surface area (TPSA) is 123 Å². The maximum Gasteiger partial charge on any atom is 0.301 e. The van der Waals surface area contributed by atoms with Gasteiger partial charge in [0.1, 0.15) is 17.3 Å². The first kappa shape index (κ1) is 22.0. The average Bonchev–Trinajstić information content (AvgIpc) is 3.09. The number of Topliss-reactive ketones (excluding diaryl/α,β-unsaturated/α-hetero) is 1. The minimum absolute atomic E-state index is 0.155. The van der Waals surface area contributed by atoms with Gasteiger partial charge >= 0.3 is 5.91 Å². The van der Waals surface area contributed by atoms with Crippen LogP contribution < -0.4 is 9.64 Å². The number of carbonyl (C=O) groups excluding carboxylic acids is 2. The molecule has 1 fully saturated rings. The number of hydrogen-bond acceptors (Lipinski definition) is 7. The highest BCUT2D eigenvalue weighted by Gasteiger charge is 2.47. The van der Waals surface area contributed by atoms with Crippen molar-refractivity contribution < 1.29 is 24.4 Å². The molecule has 1 atom stereocenters. The average molecular weight is 466 g/mol. The van der Waals surface area contributed by atoms with Crippen LogP contribution in [0.4, 0.5) is 11.5 Å². The number of amides is 1. The maximum absolute atomic E-state index is 13.1. The lowest BCUT2D eigenvalue weighted by molar-refractivity contribution is -0.384. The lowest BCUT2D eigenvalue weighted by atomic mass is 9.95. The monoisotopic (exact) mass is 465 g/mol. The first-order valence-electron chi connectivity index (χ1n) is 9.63. The zero-order valence-electron chi connectivity index (χ0n) is 17.1. The third kappa shape index (κ3) is 3.90. The Balaban J connectivity index is 1.96. The lowest BCUT2D eigenvalue weighted by Gasteiger charge is -2.24. The predicted octanol–water partition coefficient (Wildman–Crippen LogP) is 4.28. The number of nitro groups is 1. The minimum atomic E-state index is -1.15. The molecule has 0 unspecified atom stereocenters. The van der Waals surface area contributed by atoms with Gasteiger partial charge in [-0.05, 0) is 35.9 Å². The molecule has 1 aliphatic rings. The van der Waals surface area contributed by atoms with Gasteiger partial charge in [-0.1, -0.05) is 29.8 Å². The molecule has 2 aromatic carbocycles. The van der Waals surface area contributed by atoms with E-state index < -0.39 is 28.4 Å². The van der Waals surface area contributed by atoms with Crippen molar-refractivity contribution in [1.82, 2.24) is 4.98 Å². The summed E-state index contributed by atoms with van der Waals surface area (Å²) in [6.07, 6.45) is 1.45. The molecule has 1 aliphatic heterocycles. The standard InChI is InChI=1S/C23H16ClN3O6/c1-33-17-9-8-14(12-16(17)24)21(28)19-20(13-5-4-6-15(11-13)27(31)32)26(23(30)22(19)29)18-7-2-3-10-25-18/h2-12,20,28H,1H3/b21-19+/t20-/m0/s1. The van der Waals surface area contributed by atoms with Gasteiger partial charge < -0.3 is 9.84 Å². The molecule has 0 bridgehead atoms. The molecule has 0 aliphatic carbocycles. The van der Waals surface area contributed by atoms with E-state index in [4.69, 9.17) is 16.3 Å². The Morgan fingerprint density at radius 2 is 1.94 bits per heavy atom. The molecule has 1 amide bonds. The smallest absolute Gasteiger partial charge is 0.301 e. The molecule has 0 spiro atoms. The van der Waals surface area contributed by atoms with E-state index in [0.29, 0.717) is 5.75 Å². The van der Waals surface area contributed by atoms with Gasteiger partial charge in [-0.2, -0.15) is 0 Å². The van der Waals surface area contributed by atoms with E-state index in [-0.39, 0.29) is 33.2 Å². The molecule has 2 heterocycles. The van der Waals surface area contributed by atoms with Crippen LogP contribution in [0.15, 0.2) is 72.4 Å². The van der Waals surface area contributed by atoms with Crippen molar-refractivity contribution in [3.8, 4) is 5.75 Å². The minimum Gasteiger partial charge on any atom is -0.507 e. The molecule has 4 rings (SSSR count). The van der Waals surface area contributed by atoms with Crippen LogP contribution >= 0.6 is 11.6 Å². The predicted molar refractivity (Wildman–Crippen MR) is 120 cm³/mol. The fourth-order valence-electron chi connectivity index (χ4n) is 3.66. The number of aromatic nitrogens is 1. The Morgan fingerprint density at radius 1 is 1.15 bits per heavy atom. The van der Waals surface area contributed by atoms with Crippen molar-refractivity contribution in [3.63, 3.8) is 0 Å². The molecule has 9 nitrogen and oxygen atoms in total. The first-order valence-corrected chi connectivity index (χ1v) is 10.0. The molecule has 0 saturated carbocycles. The van der Waals surface area contributed by atoms with Crippen molar-refractivity contribution >= 4 is 40.6 Å². The number of benzene rings is 2. The number of ketones is 1. The SMILES string of the molecule is COc1ccc(/C(O)=C2\C(=O)C(=O)N(c3ccccn3)[C@H]2c2cccc([N+](=O)[O-])c2)cc1Cl. The number of methoxy groups -OCH3 is 1. The van der Waals surface area contributed by atoms with E-state index in [1.54, 1.807) is 12.1 Å². The number of aliphatic hydroxyl groups excluding tert-OH is 1. The number of nitrogens with zero attached hydrogens (tertiary/aromatic N) is 3. The molecule has 166 valence electrons. The first-order chi connectivity index (χ1) is 15.8. The summed E-state index contributed by atoms with van der Waals surface area (Å²) < 4.78 is 5.11. The van der Waals surface area contributed by atoms with Crippen LogP contribution in [-0.4, -0.2) is 33.8 Å². The quantitative estimate of drug-likeness (QED) is 0.196. The summed E-state index contributed by atoms with van der Waals surface area (Å²) in [5.74, 6) is -1.85. The number of non-ortho nitro benzene ring substituents is 1. The van der Waals surface area contributed by atoms with E-state index in [0.717, 1.165) is 4.90 Å². The summed E-state index contributed by atoms with van der Waals surface area (Å²) >= 11 is 6.17. The van der Waals surface area contributed by atoms with Crippen LogP contribution in [0.3, 0.4) is 0 Å². The Morgan fingerprint density at radius 3 is 2.58 bits per heavy atom. The summed E-state index contributed by atoms with van der Waals surface area (Å²) in [6, 6.07) is 13.6. The number of hydrogen-bond donors (Lipinski definition) is 1. The van der Waals surface area contributed by atoms with E-state index in [1.165, 1.54) is 61.8 Å². The Kier molecular flexibility index (Phi) is 5.80. The van der Waals surface area contributed by atoms with Crippen molar-refractivity contribution in [2.24, 2.45) is 0 Å². The summed E-state index contributed by atoms with van der Waals surface area (Å²) in [5.41, 5.74) is -0.0375. The molecular formula is C23H16ClN3O6. The molecule has 33 heavy (non-hydrogen) atoms. The third-order valence-corrected chi connectivity index (χ3v) is 5.46. The van der Waals surface area contributed by atoms with Crippen LogP contribution in [0.25, 0.3) is 5.76 Å². The van der Waals surface area contributed by atoms with Gasteiger partial charge in [0.15, 0.2) is 0 Å². The van der Waals surface area contributed by atoms with Gasteiger partial charge in [-0.25, -0.2) is 4.98 Å². The van der Waals surface area contributed by atoms with Crippen molar-refractivity contribution in [2.45, 2.75) is 6.04 Å². The number of halogens is 1. The highest BCUT2D eigenvalue weighted by molar-refractivity contribution is 6.51. The molecular weight excluding hydrogens is 450 g/mol. The molecule has 10 heteroatoms. The van der Waals surface area contributed by atoms with Crippen molar-refractivity contribution in [2.75, 3.05) is 12.0 Å². The van der Waals surface area contributed by atoms with E-state index in [9.17, 15) is 24.8 Å². The van der Waals surface area contributed by atoms with Crippen molar-refractivity contribution in [1.29, 1.82) is 0 Å². The Hall–Kier alpha value is -4.24. The second-order valence-electron chi connectivity index (χ2n) is 7.06.